The maximum absolute atomic E-state index is 11.3. The van der Waals surface area contributed by atoms with Crippen molar-refractivity contribution >= 4 is 17.5 Å². The number of anilines is 2. The molecule has 0 radical (unpaired) electrons. The first-order valence-electron chi connectivity index (χ1n) is 5.02. The van der Waals surface area contributed by atoms with Crippen LogP contribution < -0.4 is 16.2 Å². The van der Waals surface area contributed by atoms with Crippen molar-refractivity contribution in [2.24, 2.45) is 0 Å². The monoisotopic (exact) mass is 225 g/mol. The molecule has 88 valence electrons. The third kappa shape index (κ3) is 2.16. The van der Waals surface area contributed by atoms with Gasteiger partial charge in [-0.2, -0.15) is 0 Å². The number of nitrogen functional groups attached to an aromatic ring is 1. The van der Waals surface area contributed by atoms with Gasteiger partial charge < -0.3 is 20.7 Å². The Morgan fingerprint density at radius 2 is 2.06 bits per heavy atom. The zero-order valence-corrected chi connectivity index (χ0v) is 9.28. The van der Waals surface area contributed by atoms with Crippen molar-refractivity contribution in [3.63, 3.8) is 0 Å². The first-order chi connectivity index (χ1) is 7.51. The molecular weight excluding hydrogens is 210 g/mol. The predicted molar refractivity (Wildman–Crippen MR) is 62.0 cm³/mol. The normalized spacial score (nSPS) is 10.1. The summed E-state index contributed by atoms with van der Waals surface area (Å²) in [5, 5.41) is 9.05. The molecule has 0 bridgehead atoms. The summed E-state index contributed by atoms with van der Waals surface area (Å²) in [6.45, 7) is 4.93. The highest BCUT2D eigenvalue weighted by Gasteiger charge is 2.18. The highest BCUT2D eigenvalue weighted by Crippen LogP contribution is 2.21. The van der Waals surface area contributed by atoms with E-state index >= 15 is 0 Å². The number of aromatic amines is 1. The molecule has 0 spiro atoms. The summed E-state index contributed by atoms with van der Waals surface area (Å²) in [5.74, 6) is -0.877. The van der Waals surface area contributed by atoms with Crippen LogP contribution in [0, 0.1) is 0 Å². The number of nitrogens with two attached hydrogens (primary N) is 1. The van der Waals surface area contributed by atoms with Crippen LogP contribution in [-0.2, 0) is 0 Å². The van der Waals surface area contributed by atoms with Gasteiger partial charge in [-0.1, -0.05) is 0 Å². The fourth-order valence-electron chi connectivity index (χ4n) is 1.57. The highest BCUT2D eigenvalue weighted by molar-refractivity contribution is 5.98. The number of nitrogens with one attached hydrogen (secondary N) is 1. The Balaban J connectivity index is 3.45. The van der Waals surface area contributed by atoms with Crippen molar-refractivity contribution in [1.82, 2.24) is 4.98 Å². The molecule has 6 nitrogen and oxygen atoms in total. The van der Waals surface area contributed by atoms with Gasteiger partial charge in [-0.05, 0) is 13.8 Å². The second kappa shape index (κ2) is 4.69. The van der Waals surface area contributed by atoms with Crippen LogP contribution in [0.5, 0.6) is 0 Å². The molecule has 0 saturated heterocycles. The number of rotatable bonds is 4. The predicted octanol–water partition coefficient (Wildman–Crippen LogP) is 0.502. The topological polar surface area (TPSA) is 99.4 Å². The van der Waals surface area contributed by atoms with Gasteiger partial charge >= 0.3 is 5.97 Å². The molecule has 16 heavy (non-hydrogen) atoms. The van der Waals surface area contributed by atoms with Gasteiger partial charge in [0.25, 0.3) is 5.56 Å². The van der Waals surface area contributed by atoms with Crippen LogP contribution >= 0.6 is 0 Å². The molecule has 1 heterocycles. The van der Waals surface area contributed by atoms with Crippen LogP contribution in [0.4, 0.5) is 11.5 Å². The number of aromatic carboxylic acids is 1. The van der Waals surface area contributed by atoms with Crippen molar-refractivity contribution in [1.29, 1.82) is 0 Å². The lowest BCUT2D eigenvalue weighted by atomic mass is 10.2. The van der Waals surface area contributed by atoms with Crippen molar-refractivity contribution in [2.75, 3.05) is 23.7 Å². The molecule has 0 atom stereocenters. The van der Waals surface area contributed by atoms with Gasteiger partial charge in [-0.3, -0.25) is 4.79 Å². The largest absolute Gasteiger partial charge is 0.477 e. The van der Waals surface area contributed by atoms with Crippen LogP contribution in [-0.4, -0.2) is 29.1 Å². The van der Waals surface area contributed by atoms with Gasteiger partial charge in [0.05, 0.1) is 5.69 Å². The number of hydrogen-bond donors (Lipinski definition) is 3. The molecule has 4 N–H and O–H groups in total. The molecule has 1 rings (SSSR count). The minimum atomic E-state index is -1.14. The molecule has 0 fully saturated rings. The zero-order chi connectivity index (χ0) is 12.3. The third-order valence-electron chi connectivity index (χ3n) is 2.35. The summed E-state index contributed by atoms with van der Waals surface area (Å²) in [6.07, 6.45) is 0. The second-order valence-electron chi connectivity index (χ2n) is 3.29. The maximum atomic E-state index is 11.3. The second-order valence-corrected chi connectivity index (χ2v) is 3.29. The maximum Gasteiger partial charge on any atom is 0.341 e. The minimum Gasteiger partial charge on any atom is -0.477 e. The number of aromatic nitrogens is 1. The van der Waals surface area contributed by atoms with Gasteiger partial charge in [-0.15, -0.1) is 0 Å². The number of carboxylic acids is 1. The van der Waals surface area contributed by atoms with Gasteiger partial charge in [0, 0.05) is 19.2 Å². The Morgan fingerprint density at radius 3 is 2.50 bits per heavy atom. The number of pyridine rings is 1. The lowest BCUT2D eigenvalue weighted by molar-refractivity contribution is 0.0698. The Labute approximate surface area is 92.7 Å². The van der Waals surface area contributed by atoms with E-state index in [1.54, 1.807) is 4.90 Å². The Hall–Kier alpha value is -1.98. The van der Waals surface area contributed by atoms with Gasteiger partial charge in [0.2, 0.25) is 0 Å². The van der Waals surface area contributed by atoms with Gasteiger partial charge in [0.1, 0.15) is 11.4 Å². The van der Waals surface area contributed by atoms with Crippen molar-refractivity contribution in [2.45, 2.75) is 13.8 Å². The molecule has 6 heteroatoms. The average Bonchev–Trinajstić information content (AvgIpc) is 2.17. The van der Waals surface area contributed by atoms with E-state index in [0.29, 0.717) is 13.1 Å². The number of nitrogens with zero attached hydrogens (tertiary/aromatic N) is 1. The Bertz CT molecular complexity index is 449. The highest BCUT2D eigenvalue weighted by atomic mass is 16.4. The molecule has 0 aliphatic rings. The SMILES string of the molecule is CCN(CC)c1[nH]c(=O)cc(N)c1C(=O)O. The van der Waals surface area contributed by atoms with E-state index in [2.05, 4.69) is 4.98 Å². The zero-order valence-electron chi connectivity index (χ0n) is 9.28. The van der Waals surface area contributed by atoms with Crippen molar-refractivity contribution in [3.8, 4) is 0 Å². The van der Waals surface area contributed by atoms with E-state index in [1.807, 2.05) is 13.8 Å². The van der Waals surface area contributed by atoms with E-state index in [9.17, 15) is 9.59 Å². The van der Waals surface area contributed by atoms with E-state index < -0.39 is 11.5 Å². The van der Waals surface area contributed by atoms with Crippen LogP contribution in [0.25, 0.3) is 0 Å². The van der Waals surface area contributed by atoms with Crippen molar-refractivity contribution < 1.29 is 9.90 Å². The average molecular weight is 225 g/mol. The van der Waals surface area contributed by atoms with E-state index in [1.165, 1.54) is 0 Å². The van der Waals surface area contributed by atoms with Crippen LogP contribution in [0.3, 0.4) is 0 Å². The van der Waals surface area contributed by atoms with Crippen molar-refractivity contribution in [3.05, 3.63) is 22.0 Å². The fourth-order valence-corrected chi connectivity index (χ4v) is 1.57. The molecule has 0 amide bonds. The molecule has 0 saturated carbocycles. The number of carboxylic acid groups (broad SMARTS) is 1. The van der Waals surface area contributed by atoms with Crippen LogP contribution in [0.1, 0.15) is 24.2 Å². The Morgan fingerprint density at radius 1 is 1.50 bits per heavy atom. The minimum absolute atomic E-state index is 0.0156. The smallest absolute Gasteiger partial charge is 0.341 e. The summed E-state index contributed by atoms with van der Waals surface area (Å²) >= 11 is 0. The summed E-state index contributed by atoms with van der Waals surface area (Å²) in [5.41, 5.74) is 5.08. The molecule has 0 aliphatic carbocycles. The Kier molecular flexibility index (Phi) is 3.55. The molecule has 0 aliphatic heterocycles. The lowest BCUT2D eigenvalue weighted by Gasteiger charge is -2.22. The lowest BCUT2D eigenvalue weighted by Crippen LogP contribution is -2.28. The van der Waals surface area contributed by atoms with E-state index in [0.717, 1.165) is 6.07 Å². The molecule has 1 aromatic heterocycles. The third-order valence-corrected chi connectivity index (χ3v) is 2.35. The standard InChI is InChI=1S/C10H15N3O3/c1-3-13(4-2)9-8(10(15)16)6(11)5-7(14)12-9/h5H,3-4H2,1-2H3,(H,15,16)(H3,11,12,14). The van der Waals surface area contributed by atoms with Gasteiger partial charge in [0.15, 0.2) is 0 Å². The van der Waals surface area contributed by atoms with Crippen LogP contribution in [0.15, 0.2) is 10.9 Å². The number of hydrogen-bond acceptors (Lipinski definition) is 4. The molecule has 0 aromatic carbocycles. The van der Waals surface area contributed by atoms with E-state index in [-0.39, 0.29) is 17.1 Å². The molecular formula is C10H15N3O3. The first-order valence-corrected chi connectivity index (χ1v) is 5.02. The summed E-state index contributed by atoms with van der Waals surface area (Å²) < 4.78 is 0. The van der Waals surface area contributed by atoms with E-state index in [4.69, 9.17) is 10.8 Å². The van der Waals surface area contributed by atoms with Crippen LogP contribution in [0.2, 0.25) is 0 Å². The van der Waals surface area contributed by atoms with Gasteiger partial charge in [-0.25, -0.2) is 4.79 Å². The summed E-state index contributed by atoms with van der Waals surface area (Å²) in [7, 11) is 0. The fraction of sp³-hybridized carbons (Fsp3) is 0.400. The number of carbonyl (C=O) groups is 1. The first kappa shape index (κ1) is 12.1. The quantitative estimate of drug-likeness (QED) is 0.693. The number of H-pyrrole nitrogens is 1. The summed E-state index contributed by atoms with van der Waals surface area (Å²) in [6, 6.07) is 1.08. The summed E-state index contributed by atoms with van der Waals surface area (Å²) in [4.78, 5) is 26.6. The molecule has 0 unspecified atom stereocenters. The molecule has 1 aromatic rings.